The van der Waals surface area contributed by atoms with E-state index in [1.54, 1.807) is 23.1 Å². The highest BCUT2D eigenvalue weighted by Gasteiger charge is 2.21. The van der Waals surface area contributed by atoms with Crippen LogP contribution in [0.3, 0.4) is 0 Å². The summed E-state index contributed by atoms with van der Waals surface area (Å²) in [6.07, 6.45) is 0. The van der Waals surface area contributed by atoms with Crippen LogP contribution in [0.25, 0.3) is 0 Å². The molecule has 0 spiro atoms. The summed E-state index contributed by atoms with van der Waals surface area (Å²) >= 11 is 0. The van der Waals surface area contributed by atoms with Crippen LogP contribution in [0.4, 0.5) is 0 Å². The molecule has 0 saturated carbocycles. The van der Waals surface area contributed by atoms with E-state index in [1.165, 1.54) is 37.4 Å². The number of ether oxygens (including phenoxy) is 1. The van der Waals surface area contributed by atoms with E-state index in [2.05, 4.69) is 0 Å². The Balaban J connectivity index is 2.22. The average Bonchev–Trinajstić information content (AvgIpc) is 2.68. The van der Waals surface area contributed by atoms with E-state index in [0.29, 0.717) is 18.7 Å². The van der Waals surface area contributed by atoms with Gasteiger partial charge in [-0.2, -0.15) is 0 Å². The van der Waals surface area contributed by atoms with Gasteiger partial charge in [0.2, 0.25) is 0 Å². The fourth-order valence-corrected chi connectivity index (χ4v) is 3.50. The zero-order valence-corrected chi connectivity index (χ0v) is 16.2. The highest BCUT2D eigenvalue weighted by Crippen LogP contribution is 2.18. The van der Waals surface area contributed by atoms with Gasteiger partial charge in [-0.05, 0) is 50.2 Å². The molecule has 0 aliphatic heterocycles. The molecule has 0 atom stereocenters. The Morgan fingerprint density at radius 2 is 1.59 bits per heavy atom. The number of benzene rings is 2. The lowest BCUT2D eigenvalue weighted by molar-refractivity contribution is 0.0772. The number of carbonyl (C=O) groups is 2. The van der Waals surface area contributed by atoms with Crippen molar-refractivity contribution < 1.29 is 22.7 Å². The van der Waals surface area contributed by atoms with Gasteiger partial charge in [-0.3, -0.25) is 9.59 Å². The van der Waals surface area contributed by atoms with Gasteiger partial charge >= 0.3 is 0 Å². The van der Waals surface area contributed by atoms with Gasteiger partial charge in [0.1, 0.15) is 5.75 Å². The van der Waals surface area contributed by atoms with Crippen LogP contribution < -0.4 is 9.46 Å². The summed E-state index contributed by atoms with van der Waals surface area (Å²) in [5.74, 6) is -0.705. The lowest BCUT2D eigenvalue weighted by Gasteiger charge is -2.18. The smallest absolute Gasteiger partial charge is 0.268 e. The van der Waals surface area contributed by atoms with Crippen molar-refractivity contribution in [2.24, 2.45) is 0 Å². The van der Waals surface area contributed by atoms with Gasteiger partial charge in [-0.15, -0.1) is 0 Å². The molecule has 1 N–H and O–H groups in total. The van der Waals surface area contributed by atoms with E-state index in [9.17, 15) is 18.0 Å². The van der Waals surface area contributed by atoms with Crippen molar-refractivity contribution in [1.29, 1.82) is 0 Å². The molecule has 0 aromatic heterocycles. The minimum atomic E-state index is -4.09. The van der Waals surface area contributed by atoms with Gasteiger partial charge in [0.05, 0.1) is 17.6 Å². The Hall–Kier alpha value is -2.87. The third kappa shape index (κ3) is 4.65. The monoisotopic (exact) mass is 390 g/mol. The summed E-state index contributed by atoms with van der Waals surface area (Å²) in [6.45, 7) is 4.86. The van der Waals surface area contributed by atoms with Crippen LogP contribution in [0.2, 0.25) is 0 Å². The van der Waals surface area contributed by atoms with Crippen LogP contribution in [0.1, 0.15) is 34.6 Å². The first-order valence-corrected chi connectivity index (χ1v) is 9.91. The highest BCUT2D eigenvalue weighted by atomic mass is 32.2. The topological polar surface area (TPSA) is 92.8 Å². The second-order valence-corrected chi connectivity index (χ2v) is 7.32. The molecule has 0 aliphatic rings. The van der Waals surface area contributed by atoms with Crippen molar-refractivity contribution in [3.63, 3.8) is 0 Å². The van der Waals surface area contributed by atoms with Crippen molar-refractivity contribution in [2.45, 2.75) is 18.7 Å². The number of carbonyl (C=O) groups excluding carboxylic acids is 2. The molecule has 0 fully saturated rings. The standard InChI is InChI=1S/C19H22N2O5S/c1-4-21(5-2)19(23)14-10-12-15(13-11-14)27(24,25)20-18(22)16-8-6-7-9-17(16)26-3/h6-13H,4-5H2,1-3H3,(H,20,22). The second kappa shape index (κ2) is 8.68. The number of hydrogen-bond acceptors (Lipinski definition) is 5. The summed E-state index contributed by atoms with van der Waals surface area (Å²) in [4.78, 5) is 26.1. The average molecular weight is 390 g/mol. The van der Waals surface area contributed by atoms with Crippen LogP contribution in [0.5, 0.6) is 5.75 Å². The molecule has 0 saturated heterocycles. The number of nitrogens with one attached hydrogen (secondary N) is 1. The minimum Gasteiger partial charge on any atom is -0.496 e. The maximum Gasteiger partial charge on any atom is 0.268 e. The molecular formula is C19H22N2O5S. The largest absolute Gasteiger partial charge is 0.496 e. The third-order valence-corrected chi connectivity index (χ3v) is 5.39. The number of amides is 2. The second-order valence-electron chi connectivity index (χ2n) is 5.64. The summed E-state index contributed by atoms with van der Waals surface area (Å²) in [5, 5.41) is 0. The molecule has 8 heteroatoms. The Morgan fingerprint density at radius 1 is 1.00 bits per heavy atom. The number of methoxy groups -OCH3 is 1. The SMILES string of the molecule is CCN(CC)C(=O)c1ccc(S(=O)(=O)NC(=O)c2ccccc2OC)cc1. The Morgan fingerprint density at radius 3 is 2.15 bits per heavy atom. The van der Waals surface area contributed by atoms with Gasteiger partial charge in [0.25, 0.3) is 21.8 Å². The van der Waals surface area contributed by atoms with Crippen molar-refractivity contribution in [2.75, 3.05) is 20.2 Å². The normalized spacial score (nSPS) is 10.9. The molecule has 0 unspecified atom stereocenters. The molecule has 0 radical (unpaired) electrons. The Kier molecular flexibility index (Phi) is 6.57. The predicted molar refractivity (Wildman–Crippen MR) is 101 cm³/mol. The van der Waals surface area contributed by atoms with E-state index >= 15 is 0 Å². The van der Waals surface area contributed by atoms with E-state index < -0.39 is 15.9 Å². The van der Waals surface area contributed by atoms with Gasteiger partial charge in [0.15, 0.2) is 0 Å². The van der Waals surface area contributed by atoms with Gasteiger partial charge in [0, 0.05) is 18.7 Å². The quantitative estimate of drug-likeness (QED) is 0.783. The first kappa shape index (κ1) is 20.4. The fraction of sp³-hybridized carbons (Fsp3) is 0.263. The number of para-hydroxylation sites is 1. The Labute approximate surface area is 159 Å². The van der Waals surface area contributed by atoms with Crippen LogP contribution in [0.15, 0.2) is 53.4 Å². The molecule has 0 aliphatic carbocycles. The molecule has 144 valence electrons. The summed E-state index contributed by atoms with van der Waals surface area (Å²) < 4.78 is 32.0. The third-order valence-electron chi connectivity index (χ3n) is 4.04. The van der Waals surface area contributed by atoms with Crippen molar-refractivity contribution >= 4 is 21.8 Å². The summed E-state index contributed by atoms with van der Waals surface area (Å²) in [6, 6.07) is 11.8. The van der Waals surface area contributed by atoms with Crippen molar-refractivity contribution in [1.82, 2.24) is 9.62 Å². The lowest BCUT2D eigenvalue weighted by Crippen LogP contribution is -2.31. The molecule has 0 heterocycles. The van der Waals surface area contributed by atoms with Crippen LogP contribution in [0, 0.1) is 0 Å². The molecule has 2 amide bonds. The van der Waals surface area contributed by atoms with Crippen LogP contribution in [-0.4, -0.2) is 45.3 Å². The Bertz CT molecular complexity index is 919. The van der Waals surface area contributed by atoms with Crippen molar-refractivity contribution in [3.05, 3.63) is 59.7 Å². The summed E-state index contributed by atoms with van der Waals surface area (Å²) in [5.41, 5.74) is 0.491. The number of rotatable bonds is 7. The van der Waals surface area contributed by atoms with Gasteiger partial charge < -0.3 is 9.64 Å². The van der Waals surface area contributed by atoms with Gasteiger partial charge in [-0.25, -0.2) is 13.1 Å². The molecule has 2 aromatic rings. The number of hydrogen-bond donors (Lipinski definition) is 1. The molecule has 27 heavy (non-hydrogen) atoms. The van der Waals surface area contributed by atoms with Gasteiger partial charge in [-0.1, -0.05) is 12.1 Å². The molecule has 0 bridgehead atoms. The number of sulfonamides is 1. The van der Waals surface area contributed by atoms with E-state index in [-0.39, 0.29) is 22.1 Å². The molecule has 2 rings (SSSR count). The number of nitrogens with zero attached hydrogens (tertiary/aromatic N) is 1. The van der Waals surface area contributed by atoms with E-state index in [0.717, 1.165) is 0 Å². The molecule has 7 nitrogen and oxygen atoms in total. The minimum absolute atomic E-state index is 0.108. The first-order valence-electron chi connectivity index (χ1n) is 8.43. The first-order chi connectivity index (χ1) is 12.8. The maximum atomic E-state index is 12.5. The van der Waals surface area contributed by atoms with Crippen LogP contribution in [-0.2, 0) is 10.0 Å². The van der Waals surface area contributed by atoms with Crippen molar-refractivity contribution in [3.8, 4) is 5.75 Å². The highest BCUT2D eigenvalue weighted by molar-refractivity contribution is 7.90. The molecular weight excluding hydrogens is 368 g/mol. The lowest BCUT2D eigenvalue weighted by atomic mass is 10.2. The fourth-order valence-electron chi connectivity index (χ4n) is 2.54. The predicted octanol–water partition coefficient (Wildman–Crippen LogP) is 2.30. The zero-order valence-electron chi connectivity index (χ0n) is 15.4. The molecule has 2 aromatic carbocycles. The maximum absolute atomic E-state index is 12.5. The summed E-state index contributed by atoms with van der Waals surface area (Å²) in [7, 11) is -2.69. The van der Waals surface area contributed by atoms with E-state index in [4.69, 9.17) is 4.74 Å². The van der Waals surface area contributed by atoms with E-state index in [1.807, 2.05) is 18.6 Å². The zero-order chi connectivity index (χ0) is 20.0. The van der Waals surface area contributed by atoms with Crippen LogP contribution >= 0.6 is 0 Å².